The number of hydrogen-bond acceptors (Lipinski definition) is 4. The summed E-state index contributed by atoms with van der Waals surface area (Å²) in [4.78, 5) is 28.7. The first-order chi connectivity index (χ1) is 12.6. The van der Waals surface area contributed by atoms with Gasteiger partial charge in [-0.05, 0) is 31.7 Å². The van der Waals surface area contributed by atoms with Crippen LogP contribution in [0.25, 0.3) is 0 Å². The molecule has 6 heteroatoms. The first-order valence-corrected chi connectivity index (χ1v) is 9.49. The summed E-state index contributed by atoms with van der Waals surface area (Å²) in [5, 5.41) is 0. The summed E-state index contributed by atoms with van der Waals surface area (Å²) in [5.74, 6) is 0.923. The minimum Gasteiger partial charge on any atom is -0.483 e. The van der Waals surface area contributed by atoms with Crippen molar-refractivity contribution in [2.24, 2.45) is 0 Å². The average molecular weight is 358 g/mol. The standard InChI is InChI=1S/C20H26N2O4/c1-15(23)22-12-16-6-2-3-7-17(16)26-20(14-22)9-5-10-21(13-20)19(24)18-8-4-11-25-18/h2-3,6-7,18H,4-5,8-14H2,1H3/t18-,20-/m1/s1. The van der Waals surface area contributed by atoms with Gasteiger partial charge in [0.05, 0.1) is 13.1 Å². The number of nitrogens with zero attached hydrogens (tertiary/aromatic N) is 2. The lowest BCUT2D eigenvalue weighted by atomic mass is 9.91. The lowest BCUT2D eigenvalue weighted by molar-refractivity contribution is -0.148. The highest BCUT2D eigenvalue weighted by Gasteiger charge is 2.44. The number of rotatable bonds is 1. The van der Waals surface area contributed by atoms with Gasteiger partial charge in [-0.1, -0.05) is 18.2 Å². The SMILES string of the molecule is CC(=O)N1Cc2ccccc2O[C@@]2(CCCN(C(=O)[C@H]3CCCO3)C2)C1. The van der Waals surface area contributed by atoms with Gasteiger partial charge in [-0.15, -0.1) is 0 Å². The smallest absolute Gasteiger partial charge is 0.251 e. The summed E-state index contributed by atoms with van der Waals surface area (Å²) in [7, 11) is 0. The highest BCUT2D eigenvalue weighted by molar-refractivity contribution is 5.81. The van der Waals surface area contributed by atoms with Gasteiger partial charge in [-0.3, -0.25) is 9.59 Å². The molecule has 0 saturated carbocycles. The van der Waals surface area contributed by atoms with Crippen LogP contribution in [0, 0.1) is 0 Å². The van der Waals surface area contributed by atoms with Gasteiger partial charge in [0.15, 0.2) is 0 Å². The molecular formula is C20H26N2O4. The van der Waals surface area contributed by atoms with Crippen LogP contribution in [0.4, 0.5) is 0 Å². The quantitative estimate of drug-likeness (QED) is 0.770. The molecule has 0 unspecified atom stereocenters. The van der Waals surface area contributed by atoms with Gasteiger partial charge in [0, 0.05) is 32.2 Å². The molecule has 2 amide bonds. The molecule has 0 N–H and O–H groups in total. The van der Waals surface area contributed by atoms with Crippen LogP contribution in [0.15, 0.2) is 24.3 Å². The Morgan fingerprint density at radius 3 is 2.73 bits per heavy atom. The van der Waals surface area contributed by atoms with Gasteiger partial charge < -0.3 is 19.3 Å². The highest BCUT2D eigenvalue weighted by Crippen LogP contribution is 2.35. The molecule has 26 heavy (non-hydrogen) atoms. The highest BCUT2D eigenvalue weighted by atomic mass is 16.5. The molecule has 0 bridgehead atoms. The second-order valence-electron chi connectivity index (χ2n) is 7.63. The van der Waals surface area contributed by atoms with Crippen molar-refractivity contribution in [2.75, 3.05) is 26.2 Å². The zero-order valence-corrected chi connectivity index (χ0v) is 15.3. The number of ether oxygens (including phenoxy) is 2. The number of hydrogen-bond donors (Lipinski definition) is 0. The second-order valence-corrected chi connectivity index (χ2v) is 7.63. The summed E-state index contributed by atoms with van der Waals surface area (Å²) in [6.45, 7) is 4.55. The van der Waals surface area contributed by atoms with Crippen molar-refractivity contribution in [1.29, 1.82) is 0 Å². The van der Waals surface area contributed by atoms with E-state index in [0.29, 0.717) is 26.2 Å². The Bertz CT molecular complexity index is 701. The van der Waals surface area contributed by atoms with E-state index in [4.69, 9.17) is 9.47 Å². The fraction of sp³-hybridized carbons (Fsp3) is 0.600. The molecule has 0 aromatic heterocycles. The molecule has 140 valence electrons. The van der Waals surface area contributed by atoms with E-state index >= 15 is 0 Å². The third-order valence-corrected chi connectivity index (χ3v) is 5.64. The Labute approximate surface area is 154 Å². The van der Waals surface area contributed by atoms with Crippen LogP contribution in [-0.4, -0.2) is 59.6 Å². The topological polar surface area (TPSA) is 59.1 Å². The molecule has 2 saturated heterocycles. The first-order valence-electron chi connectivity index (χ1n) is 9.49. The molecule has 6 nitrogen and oxygen atoms in total. The van der Waals surface area contributed by atoms with Gasteiger partial charge in [0.25, 0.3) is 5.91 Å². The summed E-state index contributed by atoms with van der Waals surface area (Å²) < 4.78 is 12.1. The number of benzene rings is 1. The number of para-hydroxylation sites is 1. The minimum atomic E-state index is -0.551. The van der Waals surface area contributed by atoms with E-state index in [1.54, 1.807) is 6.92 Å². The molecule has 1 spiro atoms. The van der Waals surface area contributed by atoms with Crippen molar-refractivity contribution >= 4 is 11.8 Å². The molecule has 3 aliphatic heterocycles. The number of piperidine rings is 1. The molecule has 1 aromatic rings. The molecule has 3 heterocycles. The normalized spacial score (nSPS) is 28.4. The lowest BCUT2D eigenvalue weighted by Crippen LogP contribution is -2.59. The fourth-order valence-electron chi connectivity index (χ4n) is 4.31. The minimum absolute atomic E-state index is 0.0345. The summed E-state index contributed by atoms with van der Waals surface area (Å²) in [6, 6.07) is 7.88. The Morgan fingerprint density at radius 2 is 1.96 bits per heavy atom. The number of carbonyl (C=O) groups excluding carboxylic acids is 2. The van der Waals surface area contributed by atoms with Crippen LogP contribution in [0.5, 0.6) is 5.75 Å². The lowest BCUT2D eigenvalue weighted by Gasteiger charge is -2.44. The Balaban J connectivity index is 1.60. The fourth-order valence-corrected chi connectivity index (χ4v) is 4.31. The molecular weight excluding hydrogens is 332 g/mol. The van der Waals surface area contributed by atoms with Crippen molar-refractivity contribution in [2.45, 2.75) is 50.9 Å². The van der Waals surface area contributed by atoms with Crippen molar-refractivity contribution in [3.63, 3.8) is 0 Å². The molecule has 2 fully saturated rings. The van der Waals surface area contributed by atoms with Crippen LogP contribution in [0.1, 0.15) is 38.2 Å². The second kappa shape index (κ2) is 6.91. The summed E-state index contributed by atoms with van der Waals surface area (Å²) in [6.07, 6.45) is 3.13. The van der Waals surface area contributed by atoms with Gasteiger partial charge in [-0.2, -0.15) is 0 Å². The van der Waals surface area contributed by atoms with E-state index in [0.717, 1.165) is 43.5 Å². The number of likely N-dealkylation sites (tertiary alicyclic amines) is 1. The third kappa shape index (κ3) is 3.30. The van der Waals surface area contributed by atoms with Crippen LogP contribution in [0.3, 0.4) is 0 Å². The Kier molecular flexibility index (Phi) is 4.61. The van der Waals surface area contributed by atoms with Crippen molar-refractivity contribution in [1.82, 2.24) is 9.80 Å². The van der Waals surface area contributed by atoms with Gasteiger partial charge in [-0.25, -0.2) is 0 Å². The molecule has 0 radical (unpaired) electrons. The van der Waals surface area contributed by atoms with E-state index < -0.39 is 5.60 Å². The monoisotopic (exact) mass is 358 g/mol. The molecule has 3 aliphatic rings. The van der Waals surface area contributed by atoms with Crippen molar-refractivity contribution < 1.29 is 19.1 Å². The van der Waals surface area contributed by atoms with E-state index in [-0.39, 0.29) is 17.9 Å². The van der Waals surface area contributed by atoms with Crippen molar-refractivity contribution in [3.8, 4) is 5.75 Å². The predicted octanol–water partition coefficient (Wildman–Crippen LogP) is 1.97. The third-order valence-electron chi connectivity index (χ3n) is 5.64. The van der Waals surface area contributed by atoms with E-state index in [9.17, 15) is 9.59 Å². The molecule has 2 atom stereocenters. The van der Waals surface area contributed by atoms with E-state index in [1.165, 1.54) is 0 Å². The molecule has 0 aliphatic carbocycles. The van der Waals surface area contributed by atoms with Gasteiger partial charge >= 0.3 is 0 Å². The first kappa shape index (κ1) is 17.3. The maximum Gasteiger partial charge on any atom is 0.251 e. The largest absolute Gasteiger partial charge is 0.483 e. The Hall–Kier alpha value is -2.08. The van der Waals surface area contributed by atoms with Gasteiger partial charge in [0.2, 0.25) is 5.91 Å². The van der Waals surface area contributed by atoms with Gasteiger partial charge in [0.1, 0.15) is 17.5 Å². The summed E-state index contributed by atoms with van der Waals surface area (Å²) in [5.41, 5.74) is 0.465. The average Bonchev–Trinajstić information content (AvgIpc) is 3.11. The van der Waals surface area contributed by atoms with Crippen LogP contribution >= 0.6 is 0 Å². The zero-order valence-electron chi connectivity index (χ0n) is 15.3. The zero-order chi connectivity index (χ0) is 18.1. The maximum atomic E-state index is 12.8. The summed E-state index contributed by atoms with van der Waals surface area (Å²) >= 11 is 0. The molecule has 1 aromatic carbocycles. The number of fused-ring (bicyclic) bond motifs is 1. The van der Waals surface area contributed by atoms with E-state index in [2.05, 4.69) is 0 Å². The predicted molar refractivity (Wildman–Crippen MR) is 95.7 cm³/mol. The molecule has 4 rings (SSSR count). The van der Waals surface area contributed by atoms with Crippen LogP contribution in [-0.2, 0) is 20.9 Å². The Morgan fingerprint density at radius 1 is 1.15 bits per heavy atom. The van der Waals surface area contributed by atoms with Crippen LogP contribution < -0.4 is 4.74 Å². The van der Waals surface area contributed by atoms with E-state index in [1.807, 2.05) is 34.1 Å². The van der Waals surface area contributed by atoms with Crippen LogP contribution in [0.2, 0.25) is 0 Å². The number of amides is 2. The maximum absolute atomic E-state index is 12.8. The number of carbonyl (C=O) groups is 2. The van der Waals surface area contributed by atoms with Crippen molar-refractivity contribution in [3.05, 3.63) is 29.8 Å².